The number of carbonyl (C=O) groups is 1. The Hall–Kier alpha value is -4.19. The number of piperazine rings is 1. The van der Waals surface area contributed by atoms with Gasteiger partial charge in [-0.2, -0.15) is 22.6 Å². The van der Waals surface area contributed by atoms with Crippen LogP contribution in [0.25, 0.3) is 0 Å². The van der Waals surface area contributed by atoms with E-state index < -0.39 is 55.1 Å². The zero-order valence-electron chi connectivity index (χ0n) is 25.1. The van der Waals surface area contributed by atoms with Crippen molar-refractivity contribution in [2.24, 2.45) is 10.1 Å². The van der Waals surface area contributed by atoms with Crippen molar-refractivity contribution in [3.8, 4) is 0 Å². The molecule has 0 aliphatic carbocycles. The van der Waals surface area contributed by atoms with Crippen molar-refractivity contribution >= 4 is 49.4 Å². The molecule has 3 aromatic carbocycles. The topological polar surface area (TPSA) is 152 Å². The van der Waals surface area contributed by atoms with Crippen molar-refractivity contribution in [2.45, 2.75) is 17.0 Å². The van der Waals surface area contributed by atoms with Crippen LogP contribution in [-0.2, 0) is 26.2 Å². The van der Waals surface area contributed by atoms with Crippen LogP contribution >= 0.6 is 11.6 Å². The fourth-order valence-electron chi connectivity index (χ4n) is 5.18. The van der Waals surface area contributed by atoms with E-state index in [4.69, 9.17) is 16.7 Å². The minimum Gasteiger partial charge on any atom is -0.465 e. The first-order valence-corrected chi connectivity index (χ1v) is 18.0. The normalized spacial score (nSPS) is 18.1. The second kappa shape index (κ2) is 14.1. The fraction of sp³-hybridized carbons (Fsp3) is 0.300. The molecule has 256 valence electrons. The van der Waals surface area contributed by atoms with E-state index in [2.05, 4.69) is 14.8 Å². The van der Waals surface area contributed by atoms with Crippen molar-refractivity contribution in [3.05, 3.63) is 101 Å². The Morgan fingerprint density at radius 3 is 2.15 bits per heavy atom. The first-order chi connectivity index (χ1) is 22.6. The maximum atomic E-state index is 13.5. The van der Waals surface area contributed by atoms with Crippen LogP contribution in [0.4, 0.5) is 18.0 Å². The Kier molecular flexibility index (Phi) is 10.3. The van der Waals surface area contributed by atoms with Gasteiger partial charge in [-0.3, -0.25) is 0 Å². The largest absolute Gasteiger partial charge is 0.465 e. The highest BCUT2D eigenvalue weighted by Gasteiger charge is 2.35. The van der Waals surface area contributed by atoms with Crippen LogP contribution in [0.2, 0.25) is 5.02 Å². The van der Waals surface area contributed by atoms with Crippen LogP contribution in [0.5, 0.6) is 0 Å². The number of carboxylic acid groups (broad SMARTS) is 1. The number of rotatable bonds is 8. The molecule has 1 atom stereocenters. The summed E-state index contributed by atoms with van der Waals surface area (Å²) in [7, 11) is -8.45. The van der Waals surface area contributed by atoms with E-state index in [-0.39, 0.29) is 44.6 Å². The molecule has 1 fully saturated rings. The quantitative estimate of drug-likeness (QED) is 0.262. The highest BCUT2D eigenvalue weighted by molar-refractivity contribution is 7.90. The SMILES string of the molecule is O=C(O)N1CCN(S(=O)(=O)CCN=C(NS(=O)(=O)c2ccc(C(F)(F)F)cc2)N2CC(c3ccccc3)C(c3ccc(Cl)cc3)=N2)CC1. The summed E-state index contributed by atoms with van der Waals surface area (Å²) < 4.78 is 96.0. The number of hydrogen-bond donors (Lipinski definition) is 2. The number of nitrogens with zero attached hydrogens (tertiary/aromatic N) is 5. The van der Waals surface area contributed by atoms with E-state index in [0.29, 0.717) is 28.4 Å². The molecule has 5 rings (SSSR count). The van der Waals surface area contributed by atoms with E-state index in [1.54, 1.807) is 24.3 Å². The minimum absolute atomic E-state index is 0.00709. The number of sulfonamides is 2. The molecule has 18 heteroatoms. The summed E-state index contributed by atoms with van der Waals surface area (Å²) >= 11 is 6.10. The molecule has 1 saturated heterocycles. The van der Waals surface area contributed by atoms with Crippen LogP contribution in [0.3, 0.4) is 0 Å². The summed E-state index contributed by atoms with van der Waals surface area (Å²) in [6.45, 7) is -0.443. The fourth-order valence-corrected chi connectivity index (χ4v) is 7.63. The maximum Gasteiger partial charge on any atom is 0.416 e. The summed E-state index contributed by atoms with van der Waals surface area (Å²) in [4.78, 5) is 16.1. The van der Waals surface area contributed by atoms with Gasteiger partial charge in [0.25, 0.3) is 10.0 Å². The molecule has 0 bridgehead atoms. The average molecular weight is 727 g/mol. The Bertz CT molecular complexity index is 1900. The van der Waals surface area contributed by atoms with Gasteiger partial charge < -0.3 is 10.0 Å². The molecule has 12 nitrogen and oxygen atoms in total. The molecule has 48 heavy (non-hydrogen) atoms. The first kappa shape index (κ1) is 35.1. The molecular weight excluding hydrogens is 697 g/mol. The number of nitrogens with one attached hydrogen (secondary N) is 1. The second-order valence-corrected chi connectivity index (χ2v) is 15.1. The predicted molar refractivity (Wildman–Crippen MR) is 173 cm³/mol. The van der Waals surface area contributed by atoms with Crippen molar-refractivity contribution in [1.82, 2.24) is 18.9 Å². The second-order valence-electron chi connectivity index (χ2n) is 10.9. The summed E-state index contributed by atoms with van der Waals surface area (Å²) in [5.74, 6) is -1.26. The Morgan fingerprint density at radius 1 is 0.938 bits per heavy atom. The van der Waals surface area contributed by atoms with Crippen molar-refractivity contribution in [3.63, 3.8) is 0 Å². The van der Waals surface area contributed by atoms with Crippen molar-refractivity contribution < 1.29 is 39.9 Å². The first-order valence-electron chi connectivity index (χ1n) is 14.5. The van der Waals surface area contributed by atoms with Crippen LogP contribution in [-0.4, -0.2) is 98.9 Å². The molecule has 3 aromatic rings. The maximum absolute atomic E-state index is 13.5. The zero-order chi connectivity index (χ0) is 34.7. The van der Waals surface area contributed by atoms with Gasteiger partial charge in [0.2, 0.25) is 16.0 Å². The summed E-state index contributed by atoms with van der Waals surface area (Å²) in [5.41, 5.74) is 1.04. The average Bonchev–Trinajstić information content (AvgIpc) is 3.50. The number of amides is 1. The van der Waals surface area contributed by atoms with E-state index >= 15 is 0 Å². The summed E-state index contributed by atoms with van der Waals surface area (Å²) in [6.07, 6.45) is -5.83. The Balaban J connectivity index is 1.46. The highest BCUT2D eigenvalue weighted by Crippen LogP contribution is 2.31. The van der Waals surface area contributed by atoms with Gasteiger partial charge in [0.15, 0.2) is 0 Å². The molecule has 1 amide bonds. The Morgan fingerprint density at radius 2 is 1.56 bits per heavy atom. The monoisotopic (exact) mass is 726 g/mol. The molecule has 0 aromatic heterocycles. The van der Waals surface area contributed by atoms with Gasteiger partial charge in [-0.1, -0.05) is 54.1 Å². The van der Waals surface area contributed by atoms with Crippen LogP contribution < -0.4 is 4.72 Å². The number of aliphatic imine (C=N–C) groups is 1. The van der Waals surface area contributed by atoms with Gasteiger partial charge in [-0.15, -0.1) is 0 Å². The van der Waals surface area contributed by atoms with E-state index in [1.807, 2.05) is 30.3 Å². The number of alkyl halides is 3. The number of guanidine groups is 1. The van der Waals surface area contributed by atoms with E-state index in [9.17, 15) is 34.8 Å². The van der Waals surface area contributed by atoms with Gasteiger partial charge in [-0.05, 0) is 47.5 Å². The lowest BCUT2D eigenvalue weighted by molar-refractivity contribution is -0.137. The predicted octanol–water partition coefficient (Wildman–Crippen LogP) is 4.12. The minimum atomic E-state index is -4.68. The smallest absolute Gasteiger partial charge is 0.416 e. The molecular formula is C30H30ClF3N6O6S2. The van der Waals surface area contributed by atoms with Crippen LogP contribution in [0, 0.1) is 0 Å². The molecule has 2 aliphatic rings. The molecule has 2 N–H and O–H groups in total. The van der Waals surface area contributed by atoms with E-state index in [1.165, 1.54) is 5.01 Å². The van der Waals surface area contributed by atoms with Gasteiger partial charge >= 0.3 is 12.3 Å². The number of hydrogen-bond acceptors (Lipinski definition) is 7. The highest BCUT2D eigenvalue weighted by atomic mass is 35.5. The lowest BCUT2D eigenvalue weighted by Gasteiger charge is -2.32. The summed E-state index contributed by atoms with van der Waals surface area (Å²) in [6, 6.07) is 19.0. The van der Waals surface area contributed by atoms with E-state index in [0.717, 1.165) is 26.9 Å². The number of benzene rings is 3. The molecule has 2 heterocycles. The van der Waals surface area contributed by atoms with Crippen LogP contribution in [0.15, 0.2) is 93.9 Å². The third-order valence-corrected chi connectivity index (χ3v) is 11.2. The van der Waals surface area contributed by atoms with Crippen molar-refractivity contribution in [2.75, 3.05) is 45.0 Å². The number of halogens is 4. The summed E-state index contributed by atoms with van der Waals surface area (Å²) in [5, 5.41) is 15.6. The Labute approximate surface area is 280 Å². The van der Waals surface area contributed by atoms with Gasteiger partial charge in [0.05, 0.1) is 35.0 Å². The zero-order valence-corrected chi connectivity index (χ0v) is 27.5. The van der Waals surface area contributed by atoms with Crippen molar-refractivity contribution in [1.29, 1.82) is 0 Å². The molecule has 1 unspecified atom stereocenters. The molecule has 2 aliphatic heterocycles. The molecule has 0 saturated carbocycles. The lowest BCUT2D eigenvalue weighted by atomic mass is 9.91. The van der Waals surface area contributed by atoms with Crippen LogP contribution in [0.1, 0.15) is 22.6 Å². The van der Waals surface area contributed by atoms with Gasteiger partial charge in [-0.25, -0.2) is 36.4 Å². The third kappa shape index (κ3) is 8.26. The third-order valence-electron chi connectivity index (χ3n) is 7.73. The van der Waals surface area contributed by atoms with Gasteiger partial charge in [0.1, 0.15) is 0 Å². The molecule has 0 spiro atoms. The standard InChI is InChI=1S/C30H30ClF3N6O6S2/c31-24-10-6-22(7-11-24)27-26(21-4-2-1-3-5-21)20-40(36-27)28(37-48(45,46)25-12-8-23(9-13-25)30(32,33)34)35-14-19-47(43,44)39-17-15-38(16-18-39)29(41)42/h1-13,26H,14-20H2,(H,35,37)(H,41,42). The molecule has 0 radical (unpaired) electrons. The lowest BCUT2D eigenvalue weighted by Crippen LogP contribution is -2.50. The number of hydrazone groups is 1. The van der Waals surface area contributed by atoms with Gasteiger partial charge in [0, 0.05) is 37.1 Å².